The number of piperazine rings is 1. The van der Waals surface area contributed by atoms with Crippen molar-refractivity contribution in [1.29, 1.82) is 0 Å². The maximum Gasteiger partial charge on any atom is 0.255 e. The number of nitrogens with zero attached hydrogens (tertiary/aromatic N) is 2. The van der Waals surface area contributed by atoms with Gasteiger partial charge in [-0.25, -0.2) is 8.42 Å². The second kappa shape index (κ2) is 12.7. The van der Waals surface area contributed by atoms with Crippen LogP contribution in [0.15, 0.2) is 114 Å². The lowest BCUT2D eigenvalue weighted by atomic mass is 9.96. The molecule has 41 heavy (non-hydrogen) atoms. The van der Waals surface area contributed by atoms with Crippen molar-refractivity contribution < 1.29 is 17.9 Å². The smallest absolute Gasteiger partial charge is 0.255 e. The summed E-state index contributed by atoms with van der Waals surface area (Å²) >= 11 is 0. The Morgan fingerprint density at radius 1 is 0.756 bits per heavy atom. The van der Waals surface area contributed by atoms with Crippen molar-refractivity contribution in [3.05, 3.63) is 126 Å². The van der Waals surface area contributed by atoms with Crippen LogP contribution in [0.25, 0.3) is 0 Å². The van der Waals surface area contributed by atoms with Crippen molar-refractivity contribution in [2.45, 2.75) is 30.9 Å². The SMILES string of the molecule is CC(C)Oc1cccc(C(=O)Nc2ccc(S(=O)(=O)N3CCN(C(c4ccccc4)c4ccccc4)CC3)cc2)c1. The van der Waals surface area contributed by atoms with Gasteiger partial charge in [0.15, 0.2) is 0 Å². The minimum absolute atomic E-state index is 0.0000613. The second-order valence-corrected chi connectivity index (χ2v) is 12.3. The number of hydrogen-bond acceptors (Lipinski definition) is 5. The molecule has 0 aliphatic carbocycles. The Morgan fingerprint density at radius 2 is 1.34 bits per heavy atom. The van der Waals surface area contributed by atoms with Crippen molar-refractivity contribution in [1.82, 2.24) is 9.21 Å². The van der Waals surface area contributed by atoms with Crippen LogP contribution in [0.1, 0.15) is 41.4 Å². The molecule has 1 N–H and O–H groups in total. The first kappa shape index (κ1) is 28.5. The fourth-order valence-electron chi connectivity index (χ4n) is 5.13. The topological polar surface area (TPSA) is 78.9 Å². The standard InChI is InChI=1S/C33H35N3O4S/c1-25(2)40-30-15-9-14-28(24-30)33(37)34-29-16-18-31(19-17-29)41(38,39)36-22-20-35(21-23-36)32(26-10-5-3-6-11-26)27-12-7-4-8-13-27/h3-19,24-25,32H,20-23H2,1-2H3,(H,34,37). The van der Waals surface area contributed by atoms with E-state index >= 15 is 0 Å². The lowest BCUT2D eigenvalue weighted by molar-refractivity contribution is 0.102. The lowest BCUT2D eigenvalue weighted by Crippen LogP contribution is -2.49. The number of nitrogens with one attached hydrogen (secondary N) is 1. The fraction of sp³-hybridized carbons (Fsp3) is 0.242. The fourth-order valence-corrected chi connectivity index (χ4v) is 6.55. The lowest BCUT2D eigenvalue weighted by Gasteiger charge is -2.39. The van der Waals surface area contributed by atoms with E-state index < -0.39 is 10.0 Å². The molecule has 0 aromatic heterocycles. The van der Waals surface area contributed by atoms with Gasteiger partial charge in [-0.2, -0.15) is 4.31 Å². The first-order chi connectivity index (χ1) is 19.8. The van der Waals surface area contributed by atoms with Crippen LogP contribution in [0, 0.1) is 0 Å². The third-order valence-corrected chi connectivity index (χ3v) is 9.00. The minimum atomic E-state index is -3.68. The van der Waals surface area contributed by atoms with Gasteiger partial charge in [0, 0.05) is 37.4 Å². The zero-order valence-electron chi connectivity index (χ0n) is 23.3. The normalized spacial score (nSPS) is 14.7. The number of ether oxygens (including phenoxy) is 1. The summed E-state index contributed by atoms with van der Waals surface area (Å²) in [4.78, 5) is 15.3. The molecular weight excluding hydrogens is 534 g/mol. The highest BCUT2D eigenvalue weighted by molar-refractivity contribution is 7.89. The molecule has 0 bridgehead atoms. The highest BCUT2D eigenvalue weighted by atomic mass is 32.2. The zero-order valence-corrected chi connectivity index (χ0v) is 24.1. The molecule has 7 nitrogen and oxygen atoms in total. The van der Waals surface area contributed by atoms with Gasteiger partial charge in [-0.05, 0) is 67.4 Å². The first-order valence-corrected chi connectivity index (χ1v) is 15.3. The molecule has 1 aliphatic heterocycles. The minimum Gasteiger partial charge on any atom is -0.491 e. The molecule has 1 amide bonds. The number of carbonyl (C=O) groups is 1. The molecule has 5 rings (SSSR count). The summed E-state index contributed by atoms with van der Waals surface area (Å²) in [6.07, 6.45) is -0.0000613. The van der Waals surface area contributed by atoms with E-state index in [2.05, 4.69) is 34.5 Å². The van der Waals surface area contributed by atoms with Gasteiger partial charge < -0.3 is 10.1 Å². The summed E-state index contributed by atoms with van der Waals surface area (Å²) in [5.74, 6) is 0.324. The van der Waals surface area contributed by atoms with Gasteiger partial charge in [-0.3, -0.25) is 9.69 Å². The number of hydrogen-bond donors (Lipinski definition) is 1. The van der Waals surface area contributed by atoms with Crippen LogP contribution in [-0.4, -0.2) is 55.8 Å². The van der Waals surface area contributed by atoms with Crippen molar-refractivity contribution in [3.8, 4) is 5.75 Å². The van der Waals surface area contributed by atoms with Crippen molar-refractivity contribution in [3.63, 3.8) is 0 Å². The van der Waals surface area contributed by atoms with E-state index in [-0.39, 0.29) is 22.9 Å². The molecule has 1 saturated heterocycles. The molecule has 0 spiro atoms. The van der Waals surface area contributed by atoms with E-state index in [1.807, 2.05) is 50.2 Å². The molecule has 8 heteroatoms. The quantitative estimate of drug-likeness (QED) is 0.275. The average molecular weight is 570 g/mol. The van der Waals surface area contributed by atoms with Gasteiger partial charge in [0.1, 0.15) is 5.75 Å². The second-order valence-electron chi connectivity index (χ2n) is 10.3. The highest BCUT2D eigenvalue weighted by Gasteiger charge is 2.32. The Bertz CT molecular complexity index is 1510. The Labute approximate surface area is 242 Å². The summed E-state index contributed by atoms with van der Waals surface area (Å²) in [5, 5.41) is 2.84. The van der Waals surface area contributed by atoms with Gasteiger partial charge in [0.2, 0.25) is 10.0 Å². The monoisotopic (exact) mass is 569 g/mol. The number of anilines is 1. The Kier molecular flexibility index (Phi) is 8.83. The molecular formula is C33H35N3O4S. The van der Waals surface area contributed by atoms with Crippen LogP contribution in [0.3, 0.4) is 0 Å². The number of sulfonamides is 1. The van der Waals surface area contributed by atoms with E-state index in [9.17, 15) is 13.2 Å². The Balaban J connectivity index is 1.24. The predicted molar refractivity (Wildman–Crippen MR) is 162 cm³/mol. The third-order valence-electron chi connectivity index (χ3n) is 7.09. The molecule has 1 heterocycles. The first-order valence-electron chi connectivity index (χ1n) is 13.8. The van der Waals surface area contributed by atoms with E-state index in [4.69, 9.17) is 4.74 Å². The largest absolute Gasteiger partial charge is 0.491 e. The molecule has 0 unspecified atom stereocenters. The van der Waals surface area contributed by atoms with Crippen molar-refractivity contribution >= 4 is 21.6 Å². The maximum absolute atomic E-state index is 13.5. The summed E-state index contributed by atoms with van der Waals surface area (Å²) in [6, 6.07) is 34.0. The van der Waals surface area contributed by atoms with Gasteiger partial charge in [0.25, 0.3) is 5.91 Å². The molecule has 212 valence electrons. The van der Waals surface area contributed by atoms with E-state index in [0.717, 1.165) is 0 Å². The van der Waals surface area contributed by atoms with Gasteiger partial charge >= 0.3 is 0 Å². The van der Waals surface area contributed by atoms with E-state index in [1.54, 1.807) is 52.8 Å². The predicted octanol–water partition coefficient (Wildman–Crippen LogP) is 5.82. The van der Waals surface area contributed by atoms with Crippen LogP contribution in [0.4, 0.5) is 5.69 Å². The summed E-state index contributed by atoms with van der Waals surface area (Å²) < 4.78 is 34.2. The molecule has 0 radical (unpaired) electrons. The molecule has 1 aliphatic rings. The van der Waals surface area contributed by atoms with Crippen LogP contribution in [0.5, 0.6) is 5.75 Å². The average Bonchev–Trinajstić information content (AvgIpc) is 2.99. The van der Waals surface area contributed by atoms with E-state index in [1.165, 1.54) is 11.1 Å². The summed E-state index contributed by atoms with van der Waals surface area (Å²) in [6.45, 7) is 5.86. The Hall–Kier alpha value is -3.98. The van der Waals surface area contributed by atoms with Gasteiger partial charge in [-0.1, -0.05) is 66.7 Å². The molecule has 1 fully saturated rings. The number of carbonyl (C=O) groups excluding carboxylic acids is 1. The number of rotatable bonds is 9. The molecule has 0 atom stereocenters. The van der Waals surface area contributed by atoms with Crippen molar-refractivity contribution in [2.75, 3.05) is 31.5 Å². The molecule has 4 aromatic carbocycles. The Morgan fingerprint density at radius 3 is 1.90 bits per heavy atom. The third kappa shape index (κ3) is 6.85. The highest BCUT2D eigenvalue weighted by Crippen LogP contribution is 2.30. The van der Waals surface area contributed by atoms with Crippen LogP contribution in [0.2, 0.25) is 0 Å². The van der Waals surface area contributed by atoms with Crippen LogP contribution < -0.4 is 10.1 Å². The number of benzene rings is 4. The zero-order chi connectivity index (χ0) is 28.8. The van der Waals surface area contributed by atoms with Crippen LogP contribution in [-0.2, 0) is 10.0 Å². The summed E-state index contributed by atoms with van der Waals surface area (Å²) in [5.41, 5.74) is 3.35. The van der Waals surface area contributed by atoms with Gasteiger partial charge in [-0.15, -0.1) is 0 Å². The summed E-state index contributed by atoms with van der Waals surface area (Å²) in [7, 11) is -3.68. The van der Waals surface area contributed by atoms with Gasteiger partial charge in [0.05, 0.1) is 17.0 Å². The van der Waals surface area contributed by atoms with Crippen LogP contribution >= 0.6 is 0 Å². The maximum atomic E-state index is 13.5. The molecule has 0 saturated carbocycles. The number of amides is 1. The molecule has 4 aromatic rings. The van der Waals surface area contributed by atoms with Crippen molar-refractivity contribution in [2.24, 2.45) is 0 Å². The van der Waals surface area contributed by atoms with E-state index in [0.29, 0.717) is 43.2 Å².